The van der Waals surface area contributed by atoms with Gasteiger partial charge in [-0.1, -0.05) is 18.2 Å². The van der Waals surface area contributed by atoms with E-state index in [1.807, 2.05) is 53.8 Å². The lowest BCUT2D eigenvalue weighted by molar-refractivity contribution is -0.131. The number of carbonyl (C=O) groups excluding carboxylic acids is 1. The van der Waals surface area contributed by atoms with E-state index in [1.165, 1.54) is 0 Å². The summed E-state index contributed by atoms with van der Waals surface area (Å²) in [4.78, 5) is 14.7. The first-order valence-corrected chi connectivity index (χ1v) is 9.11. The van der Waals surface area contributed by atoms with Crippen molar-refractivity contribution in [2.24, 2.45) is 11.7 Å². The lowest BCUT2D eigenvalue weighted by atomic mass is 9.90. The first kappa shape index (κ1) is 20.5. The maximum atomic E-state index is 12.8. The Morgan fingerprint density at radius 3 is 2.42 bits per heavy atom. The molecule has 0 radical (unpaired) electrons. The highest BCUT2D eigenvalue weighted by Gasteiger charge is 2.26. The highest BCUT2D eigenvalue weighted by Crippen LogP contribution is 2.22. The lowest BCUT2D eigenvalue weighted by Crippen LogP contribution is -2.43. The molecule has 0 aliphatic carbocycles. The highest BCUT2D eigenvalue weighted by atomic mass is 35.5. The van der Waals surface area contributed by atoms with E-state index < -0.39 is 0 Å². The third kappa shape index (κ3) is 4.27. The van der Waals surface area contributed by atoms with Crippen LogP contribution in [0.2, 0.25) is 0 Å². The van der Waals surface area contributed by atoms with E-state index in [2.05, 4.69) is 12.0 Å². The van der Waals surface area contributed by atoms with Gasteiger partial charge in [-0.05, 0) is 51.7 Å². The number of nitrogens with zero attached hydrogens (tertiary/aromatic N) is 3. The second-order valence-electron chi connectivity index (χ2n) is 7.15. The van der Waals surface area contributed by atoms with Crippen LogP contribution in [0.5, 0.6) is 0 Å². The fourth-order valence-corrected chi connectivity index (χ4v) is 3.69. The second-order valence-corrected chi connectivity index (χ2v) is 7.15. The molecule has 1 saturated heterocycles. The Morgan fingerprint density at radius 2 is 1.85 bits per heavy atom. The molecule has 26 heavy (non-hydrogen) atoms. The van der Waals surface area contributed by atoms with Crippen molar-refractivity contribution in [3.8, 4) is 5.69 Å². The van der Waals surface area contributed by atoms with Crippen LogP contribution in [0.25, 0.3) is 5.69 Å². The van der Waals surface area contributed by atoms with Crippen molar-refractivity contribution in [1.82, 2.24) is 14.7 Å². The summed E-state index contributed by atoms with van der Waals surface area (Å²) < 4.78 is 1.93. The minimum absolute atomic E-state index is 0. The van der Waals surface area contributed by atoms with Crippen LogP contribution in [0.15, 0.2) is 30.3 Å². The van der Waals surface area contributed by atoms with Crippen LogP contribution in [-0.2, 0) is 11.2 Å². The number of hydrogen-bond acceptors (Lipinski definition) is 3. The zero-order chi connectivity index (χ0) is 18.0. The molecule has 1 fully saturated rings. The first-order valence-electron chi connectivity index (χ1n) is 9.11. The molecule has 1 aromatic heterocycles. The van der Waals surface area contributed by atoms with Gasteiger partial charge in [-0.25, -0.2) is 4.68 Å². The Morgan fingerprint density at radius 1 is 1.23 bits per heavy atom. The zero-order valence-electron chi connectivity index (χ0n) is 15.8. The molecule has 3 rings (SSSR count). The Labute approximate surface area is 162 Å². The third-order valence-electron chi connectivity index (χ3n) is 5.41. The minimum atomic E-state index is 0. The predicted octanol–water partition coefficient (Wildman–Crippen LogP) is 3.04. The lowest BCUT2D eigenvalue weighted by Gasteiger charge is -2.33. The van der Waals surface area contributed by atoms with E-state index in [1.54, 1.807) is 0 Å². The van der Waals surface area contributed by atoms with Crippen molar-refractivity contribution in [1.29, 1.82) is 0 Å². The van der Waals surface area contributed by atoms with Crippen LogP contribution in [0, 0.1) is 19.8 Å². The molecular weight excluding hydrogens is 348 g/mol. The van der Waals surface area contributed by atoms with Crippen molar-refractivity contribution in [3.63, 3.8) is 0 Å². The summed E-state index contributed by atoms with van der Waals surface area (Å²) in [5, 5.41) is 4.64. The van der Waals surface area contributed by atoms with Gasteiger partial charge < -0.3 is 10.6 Å². The van der Waals surface area contributed by atoms with Crippen LogP contribution >= 0.6 is 12.4 Å². The summed E-state index contributed by atoms with van der Waals surface area (Å²) in [7, 11) is 0. The molecule has 1 amide bonds. The quantitative estimate of drug-likeness (QED) is 0.891. The highest BCUT2D eigenvalue weighted by molar-refractivity contribution is 5.85. The van der Waals surface area contributed by atoms with Gasteiger partial charge in [0.15, 0.2) is 0 Å². The van der Waals surface area contributed by atoms with Crippen LogP contribution in [0.3, 0.4) is 0 Å². The summed E-state index contributed by atoms with van der Waals surface area (Å²) >= 11 is 0. The molecule has 1 aliphatic rings. The van der Waals surface area contributed by atoms with Crippen molar-refractivity contribution in [2.45, 2.75) is 46.1 Å². The van der Waals surface area contributed by atoms with E-state index in [-0.39, 0.29) is 24.4 Å². The molecule has 1 unspecified atom stereocenters. The summed E-state index contributed by atoms with van der Waals surface area (Å²) in [6.07, 6.45) is 2.43. The molecule has 6 heteroatoms. The summed E-state index contributed by atoms with van der Waals surface area (Å²) in [5.41, 5.74) is 10.0. The molecule has 2 N–H and O–H groups in total. The van der Waals surface area contributed by atoms with E-state index in [9.17, 15) is 4.79 Å². The van der Waals surface area contributed by atoms with Crippen molar-refractivity contribution in [2.75, 3.05) is 13.1 Å². The monoisotopic (exact) mass is 376 g/mol. The van der Waals surface area contributed by atoms with Crippen molar-refractivity contribution in [3.05, 3.63) is 47.3 Å². The number of halogens is 1. The van der Waals surface area contributed by atoms with Gasteiger partial charge >= 0.3 is 0 Å². The van der Waals surface area contributed by atoms with Gasteiger partial charge in [0.1, 0.15) is 0 Å². The molecule has 0 bridgehead atoms. The Kier molecular flexibility index (Phi) is 6.84. The van der Waals surface area contributed by atoms with Crippen molar-refractivity contribution >= 4 is 18.3 Å². The largest absolute Gasteiger partial charge is 0.342 e. The molecular formula is C20H29ClN4O. The number of likely N-dealkylation sites (tertiary alicyclic amines) is 1. The standard InChI is InChI=1S/C20H28N4O.ClH/c1-14(21)17-9-11-23(12-10-17)20(25)13-19-15(2)22-24(16(19)3)18-7-5-4-6-8-18;/h4-8,14,17H,9-13,21H2,1-3H3;1H. The van der Waals surface area contributed by atoms with E-state index >= 15 is 0 Å². The normalized spacial score (nSPS) is 16.2. The maximum Gasteiger partial charge on any atom is 0.227 e. The number of para-hydroxylation sites is 1. The van der Waals surface area contributed by atoms with Gasteiger partial charge in [-0.2, -0.15) is 5.10 Å². The number of aromatic nitrogens is 2. The topological polar surface area (TPSA) is 64.2 Å². The van der Waals surface area contributed by atoms with Crippen LogP contribution in [0.1, 0.15) is 36.7 Å². The number of amides is 1. The van der Waals surface area contributed by atoms with E-state index in [4.69, 9.17) is 5.73 Å². The first-order chi connectivity index (χ1) is 12.0. The van der Waals surface area contributed by atoms with Gasteiger partial charge in [0, 0.05) is 30.4 Å². The molecule has 2 heterocycles. The van der Waals surface area contributed by atoms with Gasteiger partial charge in [-0.3, -0.25) is 4.79 Å². The van der Waals surface area contributed by atoms with E-state index in [0.717, 1.165) is 48.6 Å². The van der Waals surface area contributed by atoms with Crippen molar-refractivity contribution < 1.29 is 4.79 Å². The summed E-state index contributed by atoms with van der Waals surface area (Å²) in [5.74, 6) is 0.732. The number of nitrogens with two attached hydrogens (primary N) is 1. The van der Waals surface area contributed by atoms with Crippen LogP contribution in [-0.4, -0.2) is 39.7 Å². The molecule has 2 aromatic rings. The number of carbonyl (C=O) groups is 1. The summed E-state index contributed by atoms with van der Waals surface area (Å²) in [6, 6.07) is 10.3. The number of rotatable bonds is 4. The molecule has 1 atom stereocenters. The third-order valence-corrected chi connectivity index (χ3v) is 5.41. The molecule has 0 saturated carbocycles. The smallest absolute Gasteiger partial charge is 0.227 e. The average Bonchev–Trinajstić information content (AvgIpc) is 2.90. The maximum absolute atomic E-state index is 12.8. The molecule has 5 nitrogen and oxygen atoms in total. The summed E-state index contributed by atoms with van der Waals surface area (Å²) in [6.45, 7) is 7.72. The Bertz CT molecular complexity index is 734. The predicted molar refractivity (Wildman–Crippen MR) is 107 cm³/mol. The number of hydrogen-bond donors (Lipinski definition) is 1. The number of aryl methyl sites for hydroxylation is 1. The fourth-order valence-electron chi connectivity index (χ4n) is 3.69. The number of benzene rings is 1. The van der Waals surface area contributed by atoms with Gasteiger partial charge in [0.25, 0.3) is 0 Å². The van der Waals surface area contributed by atoms with Gasteiger partial charge in [0.05, 0.1) is 17.8 Å². The molecule has 1 aliphatic heterocycles. The van der Waals surface area contributed by atoms with Crippen LogP contribution in [0.4, 0.5) is 0 Å². The van der Waals surface area contributed by atoms with Crippen LogP contribution < -0.4 is 5.73 Å². The average molecular weight is 377 g/mol. The fraction of sp³-hybridized carbons (Fsp3) is 0.500. The SMILES string of the molecule is Cc1nn(-c2ccccc2)c(C)c1CC(=O)N1CCC(C(C)N)CC1.Cl. The Balaban J connectivity index is 0.00000243. The van der Waals surface area contributed by atoms with Gasteiger partial charge in [0.2, 0.25) is 5.91 Å². The zero-order valence-corrected chi connectivity index (χ0v) is 16.6. The minimum Gasteiger partial charge on any atom is -0.342 e. The van der Waals surface area contributed by atoms with Gasteiger partial charge in [-0.15, -0.1) is 12.4 Å². The Hall–Kier alpha value is -1.85. The number of piperidine rings is 1. The molecule has 142 valence electrons. The molecule has 1 aromatic carbocycles. The van der Waals surface area contributed by atoms with E-state index in [0.29, 0.717) is 12.3 Å². The second kappa shape index (κ2) is 8.69. The molecule has 0 spiro atoms.